The summed E-state index contributed by atoms with van der Waals surface area (Å²) in [6.45, 7) is 1.98. The van der Waals surface area contributed by atoms with Crippen LogP contribution in [-0.4, -0.2) is 25.1 Å². The van der Waals surface area contributed by atoms with E-state index in [1.165, 1.54) is 26.4 Å². The minimum absolute atomic E-state index is 0.0278. The van der Waals surface area contributed by atoms with E-state index in [9.17, 15) is 9.18 Å². The van der Waals surface area contributed by atoms with Gasteiger partial charge < -0.3 is 14.8 Å². The number of anilines is 1. The van der Waals surface area contributed by atoms with Gasteiger partial charge in [0, 0.05) is 33.7 Å². The van der Waals surface area contributed by atoms with Crippen LogP contribution >= 0.6 is 23.1 Å². The van der Waals surface area contributed by atoms with E-state index in [0.717, 1.165) is 21.3 Å². The van der Waals surface area contributed by atoms with Gasteiger partial charge >= 0.3 is 0 Å². The Balaban J connectivity index is 1.66. The number of rotatable bonds is 7. The largest absolute Gasteiger partial charge is 0.493 e. The van der Waals surface area contributed by atoms with E-state index in [2.05, 4.69) is 10.3 Å². The zero-order chi connectivity index (χ0) is 20.1. The van der Waals surface area contributed by atoms with E-state index in [1.807, 2.05) is 24.4 Å². The number of aryl methyl sites for hydroxylation is 1. The summed E-state index contributed by atoms with van der Waals surface area (Å²) in [6.07, 6.45) is 0. The third kappa shape index (κ3) is 4.82. The number of nitrogens with zero attached hydrogens (tertiary/aromatic N) is 1. The number of thioether (sulfide) groups is 1. The number of aromatic nitrogens is 1. The number of carbonyl (C=O) groups excluding carboxylic acids is 1. The van der Waals surface area contributed by atoms with Crippen LogP contribution in [0.15, 0.2) is 46.7 Å². The van der Waals surface area contributed by atoms with Crippen molar-refractivity contribution in [3.05, 3.63) is 63.9 Å². The minimum Gasteiger partial charge on any atom is -0.493 e. The Labute approximate surface area is 170 Å². The molecular weight excluding hydrogens is 399 g/mol. The maximum absolute atomic E-state index is 14.2. The van der Waals surface area contributed by atoms with Crippen LogP contribution in [0.5, 0.6) is 11.5 Å². The van der Waals surface area contributed by atoms with Crippen LogP contribution in [0.2, 0.25) is 0 Å². The number of thiazole rings is 1. The third-order valence-corrected chi connectivity index (χ3v) is 5.76. The summed E-state index contributed by atoms with van der Waals surface area (Å²) in [5, 5.41) is 5.66. The van der Waals surface area contributed by atoms with Gasteiger partial charge in [0.25, 0.3) is 5.91 Å². The molecule has 0 spiro atoms. The van der Waals surface area contributed by atoms with Crippen molar-refractivity contribution < 1.29 is 18.7 Å². The zero-order valence-electron chi connectivity index (χ0n) is 15.6. The average Bonchev–Trinajstić information content (AvgIpc) is 3.13. The lowest BCUT2D eigenvalue weighted by atomic mass is 10.2. The van der Waals surface area contributed by atoms with Gasteiger partial charge in [-0.25, -0.2) is 9.37 Å². The van der Waals surface area contributed by atoms with Crippen LogP contribution in [-0.2, 0) is 5.75 Å². The minimum atomic E-state index is -0.600. The fraction of sp³-hybridized carbons (Fsp3) is 0.200. The van der Waals surface area contributed by atoms with Crippen molar-refractivity contribution in [2.75, 3.05) is 19.5 Å². The molecule has 0 fully saturated rings. The van der Waals surface area contributed by atoms with Crippen LogP contribution < -0.4 is 14.8 Å². The average molecular weight is 419 g/mol. The van der Waals surface area contributed by atoms with Gasteiger partial charge in [0.1, 0.15) is 0 Å². The first-order valence-electron chi connectivity index (χ1n) is 8.37. The Morgan fingerprint density at radius 1 is 1.18 bits per heavy atom. The SMILES string of the molecule is COc1cc(F)c(NC(=O)c2ccc(SCc3csc(C)n3)cc2)cc1OC. The Morgan fingerprint density at radius 2 is 1.86 bits per heavy atom. The van der Waals surface area contributed by atoms with Gasteiger partial charge in [-0.15, -0.1) is 23.1 Å². The number of nitrogens with one attached hydrogen (secondary N) is 1. The van der Waals surface area contributed by atoms with Gasteiger partial charge in [-0.1, -0.05) is 0 Å². The molecule has 1 heterocycles. The van der Waals surface area contributed by atoms with Crippen LogP contribution in [0.1, 0.15) is 21.1 Å². The molecule has 8 heteroatoms. The van der Waals surface area contributed by atoms with Crippen molar-refractivity contribution in [3.8, 4) is 11.5 Å². The quantitative estimate of drug-likeness (QED) is 0.538. The van der Waals surface area contributed by atoms with Crippen molar-refractivity contribution in [1.82, 2.24) is 4.98 Å². The lowest BCUT2D eigenvalue weighted by Gasteiger charge is -2.12. The van der Waals surface area contributed by atoms with E-state index in [0.29, 0.717) is 11.3 Å². The topological polar surface area (TPSA) is 60.5 Å². The van der Waals surface area contributed by atoms with Crippen LogP contribution in [0.3, 0.4) is 0 Å². The highest BCUT2D eigenvalue weighted by Gasteiger charge is 2.14. The van der Waals surface area contributed by atoms with E-state index >= 15 is 0 Å². The number of halogens is 1. The molecule has 28 heavy (non-hydrogen) atoms. The second-order valence-electron chi connectivity index (χ2n) is 5.81. The van der Waals surface area contributed by atoms with Gasteiger partial charge in [0.2, 0.25) is 0 Å². The van der Waals surface area contributed by atoms with Gasteiger partial charge in [-0.2, -0.15) is 0 Å². The van der Waals surface area contributed by atoms with Gasteiger partial charge in [-0.05, 0) is 31.2 Å². The summed E-state index contributed by atoms with van der Waals surface area (Å²) < 4.78 is 24.4. The number of carbonyl (C=O) groups is 1. The van der Waals surface area contributed by atoms with Crippen molar-refractivity contribution in [3.63, 3.8) is 0 Å². The molecule has 1 N–H and O–H groups in total. The molecule has 3 rings (SSSR count). The molecule has 146 valence electrons. The Bertz CT molecular complexity index is 974. The Morgan fingerprint density at radius 3 is 2.46 bits per heavy atom. The molecule has 1 aromatic heterocycles. The van der Waals surface area contributed by atoms with Crippen LogP contribution in [0.4, 0.5) is 10.1 Å². The fourth-order valence-electron chi connectivity index (χ4n) is 2.48. The first-order valence-corrected chi connectivity index (χ1v) is 10.2. The monoisotopic (exact) mass is 418 g/mol. The first-order chi connectivity index (χ1) is 13.5. The maximum Gasteiger partial charge on any atom is 0.255 e. The lowest BCUT2D eigenvalue weighted by Crippen LogP contribution is -2.13. The molecule has 3 aromatic rings. The second kappa shape index (κ2) is 9.07. The molecule has 0 saturated carbocycles. The van der Waals surface area contributed by atoms with Crippen molar-refractivity contribution in [2.45, 2.75) is 17.6 Å². The molecule has 0 radical (unpaired) electrons. The molecule has 0 atom stereocenters. The molecule has 0 aliphatic rings. The number of methoxy groups -OCH3 is 2. The third-order valence-electron chi connectivity index (χ3n) is 3.89. The normalized spacial score (nSPS) is 10.6. The predicted molar refractivity (Wildman–Crippen MR) is 110 cm³/mol. The van der Waals surface area contributed by atoms with E-state index < -0.39 is 11.7 Å². The molecule has 1 amide bonds. The van der Waals surface area contributed by atoms with E-state index in [4.69, 9.17) is 9.47 Å². The van der Waals surface area contributed by atoms with Crippen molar-refractivity contribution >= 4 is 34.7 Å². The number of hydrogen-bond acceptors (Lipinski definition) is 6. The van der Waals surface area contributed by atoms with Gasteiger partial charge in [0.15, 0.2) is 17.3 Å². The Hall–Kier alpha value is -2.58. The van der Waals surface area contributed by atoms with Crippen LogP contribution in [0.25, 0.3) is 0 Å². The number of amides is 1. The summed E-state index contributed by atoms with van der Waals surface area (Å²) in [5.41, 5.74) is 1.50. The van der Waals surface area contributed by atoms with Crippen molar-refractivity contribution in [2.24, 2.45) is 0 Å². The van der Waals surface area contributed by atoms with Crippen LogP contribution in [0, 0.1) is 12.7 Å². The highest BCUT2D eigenvalue weighted by Crippen LogP contribution is 2.32. The maximum atomic E-state index is 14.2. The molecule has 5 nitrogen and oxygen atoms in total. The molecule has 2 aromatic carbocycles. The number of hydrogen-bond donors (Lipinski definition) is 1. The summed E-state index contributed by atoms with van der Waals surface area (Å²) >= 11 is 3.27. The number of benzene rings is 2. The smallest absolute Gasteiger partial charge is 0.255 e. The second-order valence-corrected chi connectivity index (χ2v) is 7.92. The summed E-state index contributed by atoms with van der Waals surface area (Å²) in [5.74, 6) is 0.361. The fourth-order valence-corrected chi connectivity index (χ4v) is 3.99. The molecule has 0 aliphatic carbocycles. The molecule has 0 unspecified atom stereocenters. The van der Waals surface area contributed by atoms with E-state index in [1.54, 1.807) is 35.2 Å². The van der Waals surface area contributed by atoms with Gasteiger partial charge in [-0.3, -0.25) is 4.79 Å². The first kappa shape index (κ1) is 20.2. The standard InChI is InChI=1S/C20H19FN2O3S2/c1-12-22-14(10-27-12)11-28-15-6-4-13(5-7-15)20(24)23-17-9-19(26-3)18(25-2)8-16(17)21/h4-10H,11H2,1-3H3,(H,23,24). The van der Waals surface area contributed by atoms with Gasteiger partial charge in [0.05, 0.1) is 30.6 Å². The molecule has 0 aliphatic heterocycles. The molecular formula is C20H19FN2O3S2. The highest BCUT2D eigenvalue weighted by atomic mass is 32.2. The lowest BCUT2D eigenvalue weighted by molar-refractivity contribution is 0.102. The number of ether oxygens (including phenoxy) is 2. The highest BCUT2D eigenvalue weighted by molar-refractivity contribution is 7.98. The zero-order valence-corrected chi connectivity index (χ0v) is 17.2. The molecule has 0 bridgehead atoms. The van der Waals surface area contributed by atoms with E-state index in [-0.39, 0.29) is 11.4 Å². The Kier molecular flexibility index (Phi) is 6.53. The summed E-state index contributed by atoms with van der Waals surface area (Å²) in [4.78, 5) is 17.9. The van der Waals surface area contributed by atoms with Crippen molar-refractivity contribution in [1.29, 1.82) is 0 Å². The summed E-state index contributed by atoms with van der Waals surface area (Å²) in [7, 11) is 2.87. The summed E-state index contributed by atoms with van der Waals surface area (Å²) in [6, 6.07) is 9.72. The molecule has 0 saturated heterocycles. The predicted octanol–water partition coefficient (Wildman–Crippen LogP) is 5.15.